The van der Waals surface area contributed by atoms with Crippen LogP contribution in [0.25, 0.3) is 0 Å². The summed E-state index contributed by atoms with van der Waals surface area (Å²) in [4.78, 5) is 4.71. The molecule has 0 saturated heterocycles. The van der Waals surface area contributed by atoms with Crippen molar-refractivity contribution in [2.75, 3.05) is 33.7 Å². The molecule has 21 heavy (non-hydrogen) atoms. The molecule has 3 heteroatoms. The molecule has 0 aromatic heterocycles. The fraction of sp³-hybridized carbons (Fsp3) is 0.667. The van der Waals surface area contributed by atoms with E-state index < -0.39 is 0 Å². The minimum absolute atomic E-state index is 0.252. The van der Waals surface area contributed by atoms with Gasteiger partial charge in [-0.25, -0.2) is 0 Å². The summed E-state index contributed by atoms with van der Waals surface area (Å²) < 4.78 is 0. The van der Waals surface area contributed by atoms with E-state index in [0.29, 0.717) is 5.92 Å². The number of benzene rings is 1. The van der Waals surface area contributed by atoms with E-state index >= 15 is 0 Å². The lowest BCUT2D eigenvalue weighted by Crippen LogP contribution is -2.46. The Morgan fingerprint density at radius 2 is 1.90 bits per heavy atom. The van der Waals surface area contributed by atoms with Crippen LogP contribution < -0.4 is 0 Å². The van der Waals surface area contributed by atoms with E-state index in [1.807, 2.05) is 6.07 Å². The van der Waals surface area contributed by atoms with E-state index in [9.17, 15) is 5.11 Å². The largest absolute Gasteiger partial charge is 0.387 e. The maximum atomic E-state index is 10.8. The predicted molar refractivity (Wildman–Crippen MR) is 88.5 cm³/mol. The van der Waals surface area contributed by atoms with Gasteiger partial charge >= 0.3 is 0 Å². The highest BCUT2D eigenvalue weighted by atomic mass is 16.3. The Balaban J connectivity index is 2.13. The van der Waals surface area contributed by atoms with Gasteiger partial charge in [0.05, 0.1) is 6.10 Å². The molecule has 1 N–H and O–H groups in total. The molecular formula is C18H30N2O. The van der Waals surface area contributed by atoms with Gasteiger partial charge in [0, 0.05) is 25.7 Å². The number of hydrogen-bond donors (Lipinski definition) is 1. The highest BCUT2D eigenvalue weighted by Crippen LogP contribution is 2.33. The monoisotopic (exact) mass is 290 g/mol. The molecule has 2 rings (SSSR count). The Morgan fingerprint density at radius 3 is 2.57 bits per heavy atom. The number of hydrogen-bond acceptors (Lipinski definition) is 3. The van der Waals surface area contributed by atoms with Crippen molar-refractivity contribution in [1.82, 2.24) is 9.80 Å². The first-order valence-corrected chi connectivity index (χ1v) is 8.13. The number of aryl methyl sites for hydroxylation is 1. The van der Waals surface area contributed by atoms with E-state index in [2.05, 4.69) is 55.9 Å². The van der Waals surface area contributed by atoms with E-state index in [-0.39, 0.29) is 12.1 Å². The van der Waals surface area contributed by atoms with E-state index in [4.69, 9.17) is 0 Å². The maximum Gasteiger partial charge on any atom is 0.0947 e. The summed E-state index contributed by atoms with van der Waals surface area (Å²) >= 11 is 0. The van der Waals surface area contributed by atoms with Crippen molar-refractivity contribution < 1.29 is 5.11 Å². The smallest absolute Gasteiger partial charge is 0.0947 e. The van der Waals surface area contributed by atoms with Gasteiger partial charge < -0.3 is 10.0 Å². The fourth-order valence-electron chi connectivity index (χ4n) is 3.29. The maximum absolute atomic E-state index is 10.8. The van der Waals surface area contributed by atoms with Crippen molar-refractivity contribution in [2.24, 2.45) is 5.92 Å². The lowest BCUT2D eigenvalue weighted by atomic mass is 9.85. The average molecular weight is 290 g/mol. The van der Waals surface area contributed by atoms with Crippen molar-refractivity contribution in [2.45, 2.75) is 38.8 Å². The Hall–Kier alpha value is -0.900. The molecule has 0 fully saturated rings. The summed E-state index contributed by atoms with van der Waals surface area (Å²) in [6, 6.07) is 8.61. The molecule has 2 atom stereocenters. The van der Waals surface area contributed by atoms with Gasteiger partial charge in [0.25, 0.3) is 0 Å². The van der Waals surface area contributed by atoms with Crippen LogP contribution in [-0.4, -0.2) is 54.7 Å². The molecular weight excluding hydrogens is 260 g/mol. The molecule has 1 aromatic rings. The molecule has 3 nitrogen and oxygen atoms in total. The number of nitrogens with zero attached hydrogens (tertiary/aromatic N) is 2. The Bertz CT molecular complexity index is 445. The number of aliphatic hydroxyl groups excluding tert-OH is 1. The first-order valence-electron chi connectivity index (χ1n) is 8.13. The molecule has 0 spiro atoms. The zero-order chi connectivity index (χ0) is 15.4. The molecule has 1 aliphatic carbocycles. The summed E-state index contributed by atoms with van der Waals surface area (Å²) in [6.07, 6.45) is 1.78. The van der Waals surface area contributed by atoms with Crippen LogP contribution in [0, 0.1) is 5.92 Å². The van der Waals surface area contributed by atoms with Gasteiger partial charge in [0.2, 0.25) is 0 Å². The minimum atomic E-state index is -0.351. The fourth-order valence-corrected chi connectivity index (χ4v) is 3.29. The second-order valence-corrected chi connectivity index (χ2v) is 6.94. The molecule has 1 aromatic carbocycles. The molecule has 118 valence electrons. The molecule has 0 bridgehead atoms. The molecule has 0 heterocycles. The highest BCUT2D eigenvalue weighted by Gasteiger charge is 2.32. The number of rotatable bonds is 6. The van der Waals surface area contributed by atoms with Crippen molar-refractivity contribution in [3.8, 4) is 0 Å². The highest BCUT2D eigenvalue weighted by molar-refractivity contribution is 5.32. The van der Waals surface area contributed by atoms with Crippen molar-refractivity contribution in [1.29, 1.82) is 0 Å². The number of likely N-dealkylation sites (N-methyl/N-ethyl adjacent to an activating group) is 1. The van der Waals surface area contributed by atoms with Gasteiger partial charge in [-0.2, -0.15) is 0 Å². The minimum Gasteiger partial charge on any atom is -0.387 e. The predicted octanol–water partition coefficient (Wildman–Crippen LogP) is 2.55. The SMILES string of the molecule is CC(C)CN(CCN(C)C)C1CCc2ccccc2C1O. The van der Waals surface area contributed by atoms with Gasteiger partial charge in [0.1, 0.15) is 0 Å². The zero-order valence-electron chi connectivity index (χ0n) is 13.9. The van der Waals surface area contributed by atoms with Crippen molar-refractivity contribution >= 4 is 0 Å². The molecule has 1 aliphatic rings. The van der Waals surface area contributed by atoms with Gasteiger partial charge in [-0.15, -0.1) is 0 Å². The summed E-state index contributed by atoms with van der Waals surface area (Å²) in [6.45, 7) is 7.63. The van der Waals surface area contributed by atoms with Crippen LogP contribution in [0.1, 0.15) is 37.5 Å². The lowest BCUT2D eigenvalue weighted by molar-refractivity contribution is 0.0268. The zero-order valence-corrected chi connectivity index (χ0v) is 13.9. The third kappa shape index (κ3) is 4.29. The molecule has 0 aliphatic heterocycles. The molecule has 0 amide bonds. The van der Waals surface area contributed by atoms with Crippen LogP contribution in [0.4, 0.5) is 0 Å². The standard InChI is InChI=1S/C18H30N2O/c1-14(2)13-20(12-11-19(3)4)17-10-9-15-7-5-6-8-16(15)18(17)21/h5-8,14,17-18,21H,9-13H2,1-4H3. The normalized spacial score (nSPS) is 22.1. The lowest BCUT2D eigenvalue weighted by Gasteiger charge is -2.40. The Kier molecular flexibility index (Phi) is 5.80. The number of fused-ring (bicyclic) bond motifs is 1. The van der Waals surface area contributed by atoms with Crippen molar-refractivity contribution in [3.63, 3.8) is 0 Å². The van der Waals surface area contributed by atoms with Crippen LogP contribution in [0.15, 0.2) is 24.3 Å². The summed E-state index contributed by atoms with van der Waals surface area (Å²) in [5.41, 5.74) is 2.45. The molecule has 0 saturated carbocycles. The van der Waals surface area contributed by atoms with Gasteiger partial charge in [-0.1, -0.05) is 38.1 Å². The van der Waals surface area contributed by atoms with Crippen LogP contribution in [0.2, 0.25) is 0 Å². The first-order chi connectivity index (χ1) is 9.99. The Labute approximate surface area is 129 Å². The summed E-state index contributed by atoms with van der Waals surface area (Å²) in [7, 11) is 4.22. The second-order valence-electron chi connectivity index (χ2n) is 6.94. The van der Waals surface area contributed by atoms with Gasteiger partial charge in [-0.3, -0.25) is 4.90 Å². The third-order valence-corrected chi connectivity index (χ3v) is 4.35. The van der Waals surface area contributed by atoms with Crippen molar-refractivity contribution in [3.05, 3.63) is 35.4 Å². The summed E-state index contributed by atoms with van der Waals surface area (Å²) in [5, 5.41) is 10.8. The van der Waals surface area contributed by atoms with E-state index in [1.54, 1.807) is 0 Å². The van der Waals surface area contributed by atoms with Crippen LogP contribution in [-0.2, 0) is 6.42 Å². The topological polar surface area (TPSA) is 26.7 Å². The quantitative estimate of drug-likeness (QED) is 0.872. The number of aliphatic hydroxyl groups is 1. The van der Waals surface area contributed by atoms with E-state index in [0.717, 1.165) is 38.0 Å². The van der Waals surface area contributed by atoms with Crippen LogP contribution in [0.3, 0.4) is 0 Å². The average Bonchev–Trinajstić information content (AvgIpc) is 2.44. The van der Waals surface area contributed by atoms with Gasteiger partial charge in [-0.05, 0) is 44.0 Å². The molecule has 0 radical (unpaired) electrons. The summed E-state index contributed by atoms with van der Waals surface area (Å²) in [5.74, 6) is 0.622. The Morgan fingerprint density at radius 1 is 1.19 bits per heavy atom. The van der Waals surface area contributed by atoms with Crippen LogP contribution >= 0.6 is 0 Å². The second kappa shape index (κ2) is 7.39. The third-order valence-electron chi connectivity index (χ3n) is 4.35. The first kappa shape index (κ1) is 16.5. The van der Waals surface area contributed by atoms with E-state index in [1.165, 1.54) is 5.56 Å². The van der Waals surface area contributed by atoms with Gasteiger partial charge in [0.15, 0.2) is 0 Å². The molecule has 2 unspecified atom stereocenters. The van der Waals surface area contributed by atoms with Crippen LogP contribution in [0.5, 0.6) is 0 Å².